The van der Waals surface area contributed by atoms with Crippen molar-refractivity contribution in [1.29, 1.82) is 0 Å². The van der Waals surface area contributed by atoms with Gasteiger partial charge in [0.25, 0.3) is 11.8 Å². The zero-order valence-corrected chi connectivity index (χ0v) is 14.3. The molecule has 3 rings (SSSR count). The molecule has 134 valence electrons. The molecule has 2 aliphatic rings. The van der Waals surface area contributed by atoms with Crippen LogP contribution in [0.1, 0.15) is 42.5 Å². The van der Waals surface area contributed by atoms with Crippen LogP contribution < -0.4 is 10.1 Å². The zero-order valence-electron chi connectivity index (χ0n) is 14.3. The number of amides is 2. The van der Waals surface area contributed by atoms with E-state index >= 15 is 0 Å². The minimum atomic E-state index is -0.641. The van der Waals surface area contributed by atoms with Gasteiger partial charge in [-0.05, 0) is 49.1 Å². The number of esters is 1. The first-order valence-corrected chi connectivity index (χ1v) is 8.69. The van der Waals surface area contributed by atoms with E-state index in [2.05, 4.69) is 5.32 Å². The first-order valence-electron chi connectivity index (χ1n) is 8.69. The molecular weight excluding hydrogens is 322 g/mol. The molecule has 0 aliphatic heterocycles. The summed E-state index contributed by atoms with van der Waals surface area (Å²) in [5.41, 5.74) is 0.256. The topological polar surface area (TPSA) is 81.7 Å². The van der Waals surface area contributed by atoms with Crippen LogP contribution in [0.5, 0.6) is 5.75 Å². The Morgan fingerprint density at radius 2 is 1.96 bits per heavy atom. The molecule has 3 atom stereocenters. The maximum absolute atomic E-state index is 12.1. The monoisotopic (exact) mass is 345 g/mol. The van der Waals surface area contributed by atoms with Crippen molar-refractivity contribution in [3.8, 4) is 5.75 Å². The van der Waals surface area contributed by atoms with Gasteiger partial charge < -0.3 is 9.47 Å². The molecule has 0 radical (unpaired) electrons. The van der Waals surface area contributed by atoms with E-state index in [1.807, 2.05) is 0 Å². The van der Waals surface area contributed by atoms with Crippen molar-refractivity contribution in [3.63, 3.8) is 0 Å². The highest BCUT2D eigenvalue weighted by molar-refractivity contribution is 6.06. The van der Waals surface area contributed by atoms with Crippen LogP contribution in [-0.4, -0.2) is 31.5 Å². The first kappa shape index (κ1) is 17.5. The summed E-state index contributed by atoms with van der Waals surface area (Å²) in [7, 11) is 1.45. The maximum Gasteiger partial charge on any atom is 0.306 e. The van der Waals surface area contributed by atoms with Gasteiger partial charge in [-0.25, -0.2) is 0 Å². The normalized spacial score (nSPS) is 24.0. The van der Waals surface area contributed by atoms with E-state index < -0.39 is 18.4 Å². The Hall–Kier alpha value is -2.37. The van der Waals surface area contributed by atoms with Gasteiger partial charge >= 0.3 is 5.97 Å². The molecule has 0 saturated heterocycles. The fourth-order valence-electron chi connectivity index (χ4n) is 4.11. The standard InChI is InChI=1S/C19H23NO5/c1-24-16-5-3-2-4-15(16)19(23)20-17(21)11-25-18(22)10-14-9-12-6-7-13(14)8-12/h2-5,12-14H,6-11H2,1H3,(H,20,21,23). The summed E-state index contributed by atoms with van der Waals surface area (Å²) in [5, 5.41) is 2.21. The summed E-state index contributed by atoms with van der Waals surface area (Å²) in [6.45, 7) is -0.444. The number of nitrogens with one attached hydrogen (secondary N) is 1. The number of methoxy groups -OCH3 is 1. The zero-order chi connectivity index (χ0) is 17.8. The van der Waals surface area contributed by atoms with E-state index in [9.17, 15) is 14.4 Å². The van der Waals surface area contributed by atoms with E-state index in [4.69, 9.17) is 9.47 Å². The lowest BCUT2D eigenvalue weighted by molar-refractivity contribution is -0.149. The number of benzene rings is 1. The van der Waals surface area contributed by atoms with Crippen LogP contribution in [0.2, 0.25) is 0 Å². The van der Waals surface area contributed by atoms with Gasteiger partial charge in [-0.1, -0.05) is 18.6 Å². The molecule has 0 spiro atoms. The first-order chi connectivity index (χ1) is 12.1. The quantitative estimate of drug-likeness (QED) is 0.800. The number of imide groups is 1. The highest BCUT2D eigenvalue weighted by Crippen LogP contribution is 2.49. The molecule has 6 heteroatoms. The van der Waals surface area contributed by atoms with Crippen LogP contribution in [0.15, 0.2) is 24.3 Å². The second kappa shape index (κ2) is 7.68. The average molecular weight is 345 g/mol. The van der Waals surface area contributed by atoms with Crippen LogP contribution in [-0.2, 0) is 14.3 Å². The minimum absolute atomic E-state index is 0.256. The van der Waals surface area contributed by atoms with Gasteiger partial charge in [-0.2, -0.15) is 0 Å². The Labute approximate surface area is 146 Å². The van der Waals surface area contributed by atoms with Crippen LogP contribution in [0.25, 0.3) is 0 Å². The highest BCUT2D eigenvalue weighted by atomic mass is 16.5. The predicted octanol–water partition coefficient (Wildman–Crippen LogP) is 2.32. The number of rotatable bonds is 6. The summed E-state index contributed by atoms with van der Waals surface area (Å²) < 4.78 is 10.1. The third kappa shape index (κ3) is 4.18. The van der Waals surface area contributed by atoms with Crippen molar-refractivity contribution in [2.24, 2.45) is 17.8 Å². The molecule has 1 aromatic rings. The highest BCUT2D eigenvalue weighted by Gasteiger charge is 2.40. The summed E-state index contributed by atoms with van der Waals surface area (Å²) in [5.74, 6) is 0.593. The smallest absolute Gasteiger partial charge is 0.306 e. The summed E-state index contributed by atoms with van der Waals surface area (Å²) in [6, 6.07) is 6.60. The Balaban J connectivity index is 1.43. The molecule has 6 nitrogen and oxygen atoms in total. The molecule has 1 aromatic carbocycles. The van der Waals surface area contributed by atoms with Crippen molar-refractivity contribution in [3.05, 3.63) is 29.8 Å². The second-order valence-corrected chi connectivity index (χ2v) is 6.88. The van der Waals surface area contributed by atoms with E-state index in [-0.39, 0.29) is 11.5 Å². The van der Waals surface area contributed by atoms with Gasteiger partial charge in [0.15, 0.2) is 6.61 Å². The van der Waals surface area contributed by atoms with Crippen molar-refractivity contribution in [1.82, 2.24) is 5.32 Å². The van der Waals surface area contributed by atoms with Gasteiger partial charge in [0.05, 0.1) is 12.7 Å². The van der Waals surface area contributed by atoms with Crippen molar-refractivity contribution in [2.75, 3.05) is 13.7 Å². The van der Waals surface area contributed by atoms with Crippen LogP contribution in [0.4, 0.5) is 0 Å². The van der Waals surface area contributed by atoms with Gasteiger partial charge in [0, 0.05) is 6.42 Å². The van der Waals surface area contributed by atoms with Gasteiger partial charge in [0.1, 0.15) is 5.75 Å². The molecule has 3 unspecified atom stereocenters. The minimum Gasteiger partial charge on any atom is -0.496 e. The third-order valence-electron chi connectivity index (χ3n) is 5.28. The number of hydrogen-bond donors (Lipinski definition) is 1. The van der Waals surface area contributed by atoms with Gasteiger partial charge in [-0.15, -0.1) is 0 Å². The second-order valence-electron chi connectivity index (χ2n) is 6.88. The lowest BCUT2D eigenvalue weighted by Gasteiger charge is -2.20. The average Bonchev–Trinajstić information content (AvgIpc) is 3.22. The largest absolute Gasteiger partial charge is 0.496 e. The van der Waals surface area contributed by atoms with Crippen molar-refractivity contribution in [2.45, 2.75) is 32.1 Å². The fraction of sp³-hybridized carbons (Fsp3) is 0.526. The predicted molar refractivity (Wildman–Crippen MR) is 90.0 cm³/mol. The van der Waals surface area contributed by atoms with Crippen LogP contribution >= 0.6 is 0 Å². The Kier molecular flexibility index (Phi) is 5.36. The molecule has 2 amide bonds. The number of carbonyl (C=O) groups excluding carboxylic acids is 3. The molecule has 1 N–H and O–H groups in total. The van der Waals surface area contributed by atoms with E-state index in [0.717, 1.165) is 12.3 Å². The Morgan fingerprint density at radius 3 is 2.64 bits per heavy atom. The molecule has 25 heavy (non-hydrogen) atoms. The van der Waals surface area contributed by atoms with E-state index in [1.54, 1.807) is 24.3 Å². The summed E-state index contributed by atoms with van der Waals surface area (Å²) in [6.07, 6.45) is 5.18. The lowest BCUT2D eigenvalue weighted by Crippen LogP contribution is -2.34. The molecule has 0 aromatic heterocycles. The lowest BCUT2D eigenvalue weighted by atomic mass is 9.86. The number of ether oxygens (including phenoxy) is 2. The summed E-state index contributed by atoms with van der Waals surface area (Å²) in [4.78, 5) is 35.9. The molecule has 2 bridgehead atoms. The summed E-state index contributed by atoms with van der Waals surface area (Å²) >= 11 is 0. The molecule has 2 fully saturated rings. The number of carbonyl (C=O) groups is 3. The third-order valence-corrected chi connectivity index (χ3v) is 5.28. The molecular formula is C19H23NO5. The Morgan fingerprint density at radius 1 is 1.16 bits per heavy atom. The number of para-hydroxylation sites is 1. The van der Waals surface area contributed by atoms with Crippen LogP contribution in [0, 0.1) is 17.8 Å². The molecule has 2 aliphatic carbocycles. The van der Waals surface area contributed by atoms with E-state index in [0.29, 0.717) is 24.0 Å². The molecule has 2 saturated carbocycles. The van der Waals surface area contributed by atoms with Gasteiger partial charge in [0.2, 0.25) is 0 Å². The van der Waals surface area contributed by atoms with Crippen molar-refractivity contribution >= 4 is 17.8 Å². The Bertz CT molecular complexity index is 672. The number of hydrogen-bond acceptors (Lipinski definition) is 5. The van der Waals surface area contributed by atoms with Gasteiger partial charge in [-0.3, -0.25) is 19.7 Å². The maximum atomic E-state index is 12.1. The van der Waals surface area contributed by atoms with E-state index in [1.165, 1.54) is 26.4 Å². The number of fused-ring (bicyclic) bond motifs is 2. The SMILES string of the molecule is COc1ccccc1C(=O)NC(=O)COC(=O)CC1CC2CCC1C2. The molecule has 0 heterocycles. The van der Waals surface area contributed by atoms with Crippen molar-refractivity contribution < 1.29 is 23.9 Å². The fourth-order valence-corrected chi connectivity index (χ4v) is 4.11. The van der Waals surface area contributed by atoms with Crippen LogP contribution in [0.3, 0.4) is 0 Å².